The van der Waals surface area contributed by atoms with Crippen LogP contribution in [0.2, 0.25) is 10.0 Å². The number of carbonyl (C=O) groups is 3. The molecule has 10 heteroatoms. The zero-order valence-corrected chi connectivity index (χ0v) is 21.5. The molecule has 1 aliphatic rings. The number of hydrogen-bond donors (Lipinski definition) is 3. The lowest BCUT2D eigenvalue weighted by molar-refractivity contribution is -0.139. The Morgan fingerprint density at radius 1 is 0.972 bits per heavy atom. The lowest BCUT2D eigenvalue weighted by atomic mass is 9.80. The van der Waals surface area contributed by atoms with Gasteiger partial charge in [-0.15, -0.1) is 0 Å². The van der Waals surface area contributed by atoms with Crippen LogP contribution in [0.15, 0.2) is 65.0 Å². The molecule has 0 fully saturated rings. The number of carbonyl (C=O) groups excluding carboxylic acids is 3. The highest BCUT2D eigenvalue weighted by atomic mass is 35.5. The monoisotopic (exact) mass is 532 g/mol. The van der Waals surface area contributed by atoms with Crippen LogP contribution in [0.25, 0.3) is 0 Å². The van der Waals surface area contributed by atoms with Gasteiger partial charge in [0.1, 0.15) is 12.4 Å². The standard InChI is InChI=1S/C26H26Cl2N2O6/c1-4-35-25(33)20-14(2)30-15(3)21(22(20)17-9-7-10-18(27)23(17)28)26(34)36-13-12-29-24(32)16-8-5-6-11-19(16)31/h5-11,22,30-31H,4,12-13H2,1-3H3,(H,29,32). The summed E-state index contributed by atoms with van der Waals surface area (Å²) in [5.74, 6) is -2.86. The number of allylic oxidation sites excluding steroid dienone is 2. The Morgan fingerprint density at radius 2 is 1.61 bits per heavy atom. The van der Waals surface area contributed by atoms with Gasteiger partial charge >= 0.3 is 11.9 Å². The molecule has 0 bridgehead atoms. The fraction of sp³-hybridized carbons (Fsp3) is 0.269. The van der Waals surface area contributed by atoms with Crippen LogP contribution in [0.4, 0.5) is 0 Å². The van der Waals surface area contributed by atoms with Crippen molar-refractivity contribution in [1.29, 1.82) is 0 Å². The average Bonchev–Trinajstić information content (AvgIpc) is 2.83. The Balaban J connectivity index is 1.84. The molecule has 1 amide bonds. The number of aromatic hydroxyl groups is 1. The second-order valence-electron chi connectivity index (χ2n) is 7.91. The van der Waals surface area contributed by atoms with E-state index in [0.717, 1.165) is 0 Å². The Hall–Kier alpha value is -3.49. The largest absolute Gasteiger partial charge is 0.507 e. The zero-order valence-electron chi connectivity index (χ0n) is 20.0. The molecule has 2 aromatic rings. The van der Waals surface area contributed by atoms with Crippen LogP contribution < -0.4 is 10.6 Å². The number of para-hydroxylation sites is 1. The van der Waals surface area contributed by atoms with E-state index in [1.807, 2.05) is 0 Å². The van der Waals surface area contributed by atoms with E-state index >= 15 is 0 Å². The highest BCUT2D eigenvalue weighted by Crippen LogP contribution is 2.43. The molecule has 0 radical (unpaired) electrons. The van der Waals surface area contributed by atoms with E-state index < -0.39 is 23.8 Å². The van der Waals surface area contributed by atoms with E-state index in [-0.39, 0.29) is 52.3 Å². The number of nitrogens with one attached hydrogen (secondary N) is 2. The number of dihydropyridines is 1. The third-order valence-corrected chi connectivity index (χ3v) is 6.37. The fourth-order valence-electron chi connectivity index (χ4n) is 3.95. The normalized spacial score (nSPS) is 15.3. The molecule has 3 N–H and O–H groups in total. The van der Waals surface area contributed by atoms with E-state index in [4.69, 9.17) is 32.7 Å². The molecule has 2 aromatic carbocycles. The van der Waals surface area contributed by atoms with Gasteiger partial charge in [-0.3, -0.25) is 4.79 Å². The molecule has 1 unspecified atom stereocenters. The second-order valence-corrected chi connectivity index (χ2v) is 8.69. The fourth-order valence-corrected chi connectivity index (χ4v) is 4.36. The predicted molar refractivity (Wildman–Crippen MR) is 136 cm³/mol. The van der Waals surface area contributed by atoms with Crippen molar-refractivity contribution in [2.45, 2.75) is 26.7 Å². The van der Waals surface area contributed by atoms with Gasteiger partial charge in [-0.05, 0) is 44.5 Å². The smallest absolute Gasteiger partial charge is 0.336 e. The number of rotatable bonds is 8. The van der Waals surface area contributed by atoms with Gasteiger partial charge in [0.05, 0.1) is 45.8 Å². The number of phenols is 1. The minimum absolute atomic E-state index is 0.000846. The molecule has 1 aliphatic heterocycles. The predicted octanol–water partition coefficient (Wildman–Crippen LogP) is 4.47. The summed E-state index contributed by atoms with van der Waals surface area (Å²) in [5.41, 5.74) is 1.93. The number of benzene rings is 2. The highest BCUT2D eigenvalue weighted by molar-refractivity contribution is 6.42. The third kappa shape index (κ3) is 5.83. The Bertz CT molecular complexity index is 1250. The van der Waals surface area contributed by atoms with Crippen molar-refractivity contribution in [2.24, 2.45) is 0 Å². The lowest BCUT2D eigenvalue weighted by Crippen LogP contribution is -2.34. The molecular formula is C26H26Cl2N2O6. The summed E-state index contributed by atoms with van der Waals surface area (Å²) < 4.78 is 10.7. The van der Waals surface area contributed by atoms with E-state index in [9.17, 15) is 19.5 Å². The topological polar surface area (TPSA) is 114 Å². The van der Waals surface area contributed by atoms with Gasteiger partial charge in [-0.1, -0.05) is 47.5 Å². The highest BCUT2D eigenvalue weighted by Gasteiger charge is 2.39. The van der Waals surface area contributed by atoms with Crippen LogP contribution >= 0.6 is 23.2 Å². The number of amides is 1. The van der Waals surface area contributed by atoms with E-state index in [0.29, 0.717) is 17.0 Å². The first kappa shape index (κ1) is 27.1. The van der Waals surface area contributed by atoms with Crippen molar-refractivity contribution in [2.75, 3.05) is 19.8 Å². The van der Waals surface area contributed by atoms with Crippen LogP contribution in [-0.4, -0.2) is 42.7 Å². The Kier molecular flexibility index (Phi) is 9.01. The van der Waals surface area contributed by atoms with Gasteiger partial charge in [-0.2, -0.15) is 0 Å². The first-order valence-electron chi connectivity index (χ1n) is 11.2. The number of ether oxygens (including phenoxy) is 2. The van der Waals surface area contributed by atoms with Crippen LogP contribution in [0.3, 0.4) is 0 Å². The van der Waals surface area contributed by atoms with Crippen molar-refractivity contribution in [1.82, 2.24) is 10.6 Å². The van der Waals surface area contributed by atoms with Gasteiger partial charge in [0.2, 0.25) is 0 Å². The van der Waals surface area contributed by atoms with Gasteiger partial charge in [0, 0.05) is 11.4 Å². The molecule has 190 valence electrons. The van der Waals surface area contributed by atoms with Crippen molar-refractivity contribution in [3.05, 3.63) is 86.2 Å². The van der Waals surface area contributed by atoms with E-state index in [1.54, 1.807) is 51.1 Å². The number of halogens is 2. The zero-order chi connectivity index (χ0) is 26.4. The van der Waals surface area contributed by atoms with Crippen LogP contribution in [0, 0.1) is 0 Å². The summed E-state index contributed by atoms with van der Waals surface area (Å²) >= 11 is 12.7. The van der Waals surface area contributed by atoms with E-state index in [2.05, 4.69) is 10.6 Å². The SMILES string of the molecule is CCOC(=O)C1=C(C)NC(C)=C(C(=O)OCCNC(=O)c2ccccc2O)C1c1cccc(Cl)c1Cl. The third-order valence-electron chi connectivity index (χ3n) is 5.54. The number of esters is 2. The summed E-state index contributed by atoms with van der Waals surface area (Å²) in [6.07, 6.45) is 0. The van der Waals surface area contributed by atoms with Crippen molar-refractivity contribution < 1.29 is 29.0 Å². The Labute approximate surface area is 218 Å². The molecule has 1 heterocycles. The van der Waals surface area contributed by atoms with Crippen LogP contribution in [0.1, 0.15) is 42.6 Å². The average molecular weight is 533 g/mol. The van der Waals surface area contributed by atoms with Gasteiger partial charge in [0.15, 0.2) is 0 Å². The molecule has 36 heavy (non-hydrogen) atoms. The van der Waals surface area contributed by atoms with Gasteiger partial charge in [0.25, 0.3) is 5.91 Å². The molecular weight excluding hydrogens is 507 g/mol. The van der Waals surface area contributed by atoms with Gasteiger partial charge in [-0.25, -0.2) is 9.59 Å². The minimum Gasteiger partial charge on any atom is -0.507 e. The molecule has 0 saturated heterocycles. The van der Waals surface area contributed by atoms with Crippen LogP contribution in [-0.2, 0) is 19.1 Å². The summed E-state index contributed by atoms with van der Waals surface area (Å²) in [4.78, 5) is 38.5. The molecule has 0 aromatic heterocycles. The summed E-state index contributed by atoms with van der Waals surface area (Å²) in [6.45, 7) is 5.07. The molecule has 0 spiro atoms. The maximum Gasteiger partial charge on any atom is 0.336 e. The molecule has 0 saturated carbocycles. The summed E-state index contributed by atoms with van der Waals surface area (Å²) in [7, 11) is 0. The molecule has 3 rings (SSSR count). The van der Waals surface area contributed by atoms with Gasteiger partial charge < -0.3 is 25.2 Å². The summed E-state index contributed by atoms with van der Waals surface area (Å²) in [6, 6.07) is 11.1. The quantitative estimate of drug-likeness (QED) is 0.339. The Morgan fingerprint density at radius 3 is 2.25 bits per heavy atom. The van der Waals surface area contributed by atoms with Crippen molar-refractivity contribution in [3.63, 3.8) is 0 Å². The maximum absolute atomic E-state index is 13.3. The molecule has 0 aliphatic carbocycles. The van der Waals surface area contributed by atoms with Crippen molar-refractivity contribution >= 4 is 41.0 Å². The minimum atomic E-state index is -0.889. The maximum atomic E-state index is 13.3. The molecule has 8 nitrogen and oxygen atoms in total. The summed E-state index contributed by atoms with van der Waals surface area (Å²) in [5, 5.41) is 15.9. The van der Waals surface area contributed by atoms with Crippen LogP contribution in [0.5, 0.6) is 5.75 Å². The first-order valence-corrected chi connectivity index (χ1v) is 12.0. The molecule has 1 atom stereocenters. The number of hydrogen-bond acceptors (Lipinski definition) is 7. The lowest BCUT2D eigenvalue weighted by Gasteiger charge is -2.31. The van der Waals surface area contributed by atoms with E-state index in [1.165, 1.54) is 12.1 Å². The van der Waals surface area contributed by atoms with Crippen molar-refractivity contribution in [3.8, 4) is 5.75 Å². The first-order chi connectivity index (χ1) is 17.2. The second kappa shape index (κ2) is 12.0. The number of phenolic OH excluding ortho intramolecular Hbond substituents is 1.